The van der Waals surface area contributed by atoms with E-state index in [9.17, 15) is 34.5 Å². The maximum atomic E-state index is 13.2. The lowest BCUT2D eigenvalue weighted by atomic mass is 9.98. The lowest BCUT2D eigenvalue weighted by Crippen LogP contribution is -2.61. The van der Waals surface area contributed by atoms with Gasteiger partial charge in [-0.3, -0.25) is 14.4 Å². The summed E-state index contributed by atoms with van der Waals surface area (Å²) in [5, 5.41) is 31.5. The molecule has 1 saturated heterocycles. The van der Waals surface area contributed by atoms with E-state index in [4.69, 9.17) is 23.7 Å². The Morgan fingerprint density at radius 1 is 0.418 bits per heavy atom. The number of hydrogen-bond acceptors (Lipinski definition) is 11. The highest BCUT2D eigenvalue weighted by atomic mass is 16.7. The molecule has 0 radical (unpaired) electrons. The number of esters is 3. The summed E-state index contributed by atoms with van der Waals surface area (Å²) >= 11 is 0. The van der Waals surface area contributed by atoms with Crippen LogP contribution in [-0.4, -0.2) is 89.2 Å². The quantitative estimate of drug-likeness (QED) is 0.0228. The normalized spacial score (nSPS) is 18.7. The van der Waals surface area contributed by atoms with Crippen LogP contribution in [-0.2, 0) is 42.9 Å². The number of carbonyl (C=O) groups is 4. The first-order valence-corrected chi connectivity index (χ1v) is 30.5. The molecule has 1 fully saturated rings. The van der Waals surface area contributed by atoms with Gasteiger partial charge in [-0.15, -0.1) is 0 Å². The minimum absolute atomic E-state index is 0.0310. The van der Waals surface area contributed by atoms with Crippen LogP contribution in [0.15, 0.2) is 122 Å². The Hall–Kier alpha value is -4.88. The number of carboxylic acids is 1. The number of carboxylic acid groups (broad SMARTS) is 1. The molecular formula is C67H106O12. The van der Waals surface area contributed by atoms with Crippen LogP contribution in [0.4, 0.5) is 0 Å². The van der Waals surface area contributed by atoms with Crippen molar-refractivity contribution in [1.29, 1.82) is 0 Å². The Morgan fingerprint density at radius 3 is 1.15 bits per heavy atom. The molecule has 3 N–H and O–H groups in total. The highest BCUT2D eigenvalue weighted by molar-refractivity contribution is 5.74. The maximum absolute atomic E-state index is 13.2. The Bertz CT molecular complexity index is 1840. The van der Waals surface area contributed by atoms with Crippen LogP contribution >= 0.6 is 0 Å². The molecule has 0 saturated carbocycles. The largest absolute Gasteiger partial charge is 0.479 e. The van der Waals surface area contributed by atoms with E-state index in [1.165, 1.54) is 0 Å². The average Bonchev–Trinajstić information content (AvgIpc) is 3.46. The zero-order valence-electron chi connectivity index (χ0n) is 49.1. The zero-order chi connectivity index (χ0) is 57.5. The van der Waals surface area contributed by atoms with Crippen LogP contribution in [0.25, 0.3) is 0 Å². The van der Waals surface area contributed by atoms with Crippen LogP contribution < -0.4 is 0 Å². The minimum atomic E-state index is -1.92. The van der Waals surface area contributed by atoms with E-state index in [2.05, 4.69) is 142 Å². The molecule has 446 valence electrons. The van der Waals surface area contributed by atoms with E-state index in [0.29, 0.717) is 19.3 Å². The predicted molar refractivity (Wildman–Crippen MR) is 321 cm³/mol. The molecule has 12 heteroatoms. The smallest absolute Gasteiger partial charge is 0.335 e. The number of ether oxygens (including phenoxy) is 5. The molecule has 12 nitrogen and oxygen atoms in total. The Balaban J connectivity index is 2.72. The molecule has 0 bridgehead atoms. The van der Waals surface area contributed by atoms with Crippen molar-refractivity contribution < 1.29 is 58.2 Å². The summed E-state index contributed by atoms with van der Waals surface area (Å²) in [4.78, 5) is 51.2. The van der Waals surface area contributed by atoms with Crippen LogP contribution in [0, 0.1) is 0 Å². The maximum Gasteiger partial charge on any atom is 0.335 e. The van der Waals surface area contributed by atoms with E-state index in [1.54, 1.807) is 0 Å². The fraction of sp³-hybridized carbons (Fsp3) is 0.642. The molecule has 1 heterocycles. The third-order valence-corrected chi connectivity index (χ3v) is 13.0. The number of hydrogen-bond donors (Lipinski definition) is 3. The Labute approximate surface area is 478 Å². The number of carbonyl (C=O) groups excluding carboxylic acids is 3. The molecule has 0 amide bonds. The van der Waals surface area contributed by atoms with Gasteiger partial charge in [-0.1, -0.05) is 206 Å². The van der Waals surface area contributed by atoms with Gasteiger partial charge in [-0.05, 0) is 122 Å². The van der Waals surface area contributed by atoms with Crippen molar-refractivity contribution in [2.24, 2.45) is 0 Å². The first kappa shape index (κ1) is 72.1. The molecule has 79 heavy (non-hydrogen) atoms. The van der Waals surface area contributed by atoms with E-state index >= 15 is 0 Å². The number of rotatable bonds is 50. The van der Waals surface area contributed by atoms with Gasteiger partial charge in [0.05, 0.1) is 6.61 Å². The fourth-order valence-corrected chi connectivity index (χ4v) is 8.45. The van der Waals surface area contributed by atoms with Crippen LogP contribution in [0.1, 0.15) is 226 Å². The van der Waals surface area contributed by atoms with Gasteiger partial charge >= 0.3 is 23.9 Å². The van der Waals surface area contributed by atoms with Crippen molar-refractivity contribution in [1.82, 2.24) is 0 Å². The van der Waals surface area contributed by atoms with Crippen molar-refractivity contribution in [3.8, 4) is 0 Å². The third-order valence-electron chi connectivity index (χ3n) is 13.0. The fourth-order valence-electron chi connectivity index (χ4n) is 8.45. The molecule has 0 aromatic carbocycles. The van der Waals surface area contributed by atoms with Gasteiger partial charge < -0.3 is 39.0 Å². The Morgan fingerprint density at radius 2 is 0.759 bits per heavy atom. The number of unbranched alkanes of at least 4 members (excludes halogenated alkanes) is 16. The van der Waals surface area contributed by atoms with Crippen molar-refractivity contribution in [2.45, 2.75) is 263 Å². The van der Waals surface area contributed by atoms with Crippen molar-refractivity contribution in [2.75, 3.05) is 13.2 Å². The molecular weight excluding hydrogens is 997 g/mol. The molecule has 0 aromatic heterocycles. The van der Waals surface area contributed by atoms with Crippen LogP contribution in [0.2, 0.25) is 0 Å². The van der Waals surface area contributed by atoms with E-state index < -0.39 is 67.3 Å². The summed E-state index contributed by atoms with van der Waals surface area (Å²) < 4.78 is 28.4. The summed E-state index contributed by atoms with van der Waals surface area (Å²) in [6.45, 7) is 5.62. The SMILES string of the molecule is CC/C=C\C/C=C\C/C=C\C/C=C\CCCCCCC(=O)OCC(COC1OC(C(=O)O)C(O)C(O)C1OC(=O)CCCCCCC/C=C\C/C=C\C/C=C\CC)OC(=O)CCCCCCCCC/C=C\C/C=C\C/C=C\CC. The lowest BCUT2D eigenvalue weighted by molar-refractivity contribution is -0.301. The number of aliphatic hydroxyl groups excluding tert-OH is 2. The molecule has 0 aliphatic carbocycles. The molecule has 0 aromatic rings. The minimum Gasteiger partial charge on any atom is -0.479 e. The topological polar surface area (TPSA) is 175 Å². The van der Waals surface area contributed by atoms with Gasteiger partial charge in [0.2, 0.25) is 0 Å². The first-order valence-electron chi connectivity index (χ1n) is 30.5. The molecule has 1 rings (SSSR count). The van der Waals surface area contributed by atoms with Gasteiger partial charge in [0.25, 0.3) is 0 Å². The Kier molecular flexibility index (Phi) is 49.1. The molecule has 6 atom stereocenters. The molecule has 6 unspecified atom stereocenters. The summed E-state index contributed by atoms with van der Waals surface area (Å²) in [6.07, 6.45) is 61.6. The van der Waals surface area contributed by atoms with Crippen molar-refractivity contribution >= 4 is 23.9 Å². The highest BCUT2D eigenvalue weighted by Gasteiger charge is 2.50. The third kappa shape index (κ3) is 43.6. The van der Waals surface area contributed by atoms with E-state index in [-0.39, 0.29) is 25.9 Å². The van der Waals surface area contributed by atoms with E-state index in [1.807, 2.05) is 0 Å². The van der Waals surface area contributed by atoms with Crippen LogP contribution in [0.3, 0.4) is 0 Å². The summed E-state index contributed by atoms with van der Waals surface area (Å²) in [6, 6.07) is 0. The summed E-state index contributed by atoms with van der Waals surface area (Å²) in [5.41, 5.74) is 0. The standard InChI is InChI=1S/C67H106O12/c1-4-7-10-13-16-19-22-25-28-30-33-35-38-41-44-47-50-53-59(68)75-56-58(77-60(69)54-51-48-45-42-39-37-34-31-29-26-23-20-17-14-11-8-5-2)57-76-67-65(63(72)62(71)64(79-67)66(73)74)78-61(70)55-52-49-46-43-40-36-32-27-24-21-18-15-12-9-6-3/h7-12,16-21,25-29,32-33,35,58,62-65,67,71-72H,4-6,13-15,22-24,30-31,34,36-57H2,1-3H3,(H,73,74)/b10-7-,11-8-,12-9-,19-16-,20-17-,21-18-,28-25-,29-26-,32-27-,35-33-. The highest BCUT2D eigenvalue weighted by Crippen LogP contribution is 2.26. The second-order valence-corrected chi connectivity index (χ2v) is 20.2. The second-order valence-electron chi connectivity index (χ2n) is 20.2. The van der Waals surface area contributed by atoms with Gasteiger partial charge in [-0.25, -0.2) is 4.79 Å². The molecule has 0 spiro atoms. The van der Waals surface area contributed by atoms with Crippen LogP contribution in [0.5, 0.6) is 0 Å². The number of allylic oxidation sites excluding steroid dienone is 20. The number of aliphatic carboxylic acids is 1. The number of aliphatic hydroxyl groups is 2. The summed E-state index contributed by atoms with van der Waals surface area (Å²) in [7, 11) is 0. The molecule has 1 aliphatic rings. The first-order chi connectivity index (χ1) is 38.6. The van der Waals surface area contributed by atoms with Gasteiger partial charge in [0.15, 0.2) is 24.6 Å². The van der Waals surface area contributed by atoms with Gasteiger partial charge in [-0.2, -0.15) is 0 Å². The predicted octanol–water partition coefficient (Wildman–Crippen LogP) is 16.0. The average molecular weight is 1100 g/mol. The monoisotopic (exact) mass is 1100 g/mol. The second kappa shape index (κ2) is 53.7. The van der Waals surface area contributed by atoms with Gasteiger partial charge in [0, 0.05) is 19.3 Å². The summed E-state index contributed by atoms with van der Waals surface area (Å²) in [5.74, 6) is -3.20. The van der Waals surface area contributed by atoms with Crippen molar-refractivity contribution in [3.05, 3.63) is 122 Å². The van der Waals surface area contributed by atoms with E-state index in [0.717, 1.165) is 167 Å². The molecule has 1 aliphatic heterocycles. The lowest BCUT2D eigenvalue weighted by Gasteiger charge is -2.40. The zero-order valence-corrected chi connectivity index (χ0v) is 49.1. The van der Waals surface area contributed by atoms with Gasteiger partial charge in [0.1, 0.15) is 18.8 Å². The van der Waals surface area contributed by atoms with Crippen molar-refractivity contribution in [3.63, 3.8) is 0 Å².